The van der Waals surface area contributed by atoms with E-state index in [1.807, 2.05) is 41.3 Å². The molecule has 0 aliphatic carbocycles. The SMILES string of the molecule is CCCCCc1ccc(C(=O)N(CCN(CCCC)CCCC)Cc2ccc(OCc3ccc(F)cc3)cc2)cc1. The van der Waals surface area contributed by atoms with Crippen LogP contribution in [0.15, 0.2) is 72.8 Å². The molecule has 0 saturated heterocycles. The van der Waals surface area contributed by atoms with Crippen LogP contribution in [0.1, 0.15) is 92.8 Å². The molecule has 0 fully saturated rings. The van der Waals surface area contributed by atoms with Crippen molar-refractivity contribution in [2.75, 3.05) is 26.2 Å². The van der Waals surface area contributed by atoms with Crippen LogP contribution in [0, 0.1) is 5.82 Å². The lowest BCUT2D eigenvalue weighted by molar-refractivity contribution is 0.0720. The third-order valence-electron chi connectivity index (χ3n) is 7.51. The molecule has 0 bridgehead atoms. The zero-order valence-electron chi connectivity index (χ0n) is 25.4. The first-order valence-corrected chi connectivity index (χ1v) is 15.6. The number of benzene rings is 3. The van der Waals surface area contributed by atoms with E-state index in [9.17, 15) is 9.18 Å². The van der Waals surface area contributed by atoms with Gasteiger partial charge in [-0.25, -0.2) is 4.39 Å². The molecule has 3 aromatic carbocycles. The molecule has 3 rings (SSSR count). The molecule has 0 radical (unpaired) electrons. The van der Waals surface area contributed by atoms with E-state index in [2.05, 4.69) is 37.8 Å². The standard InChI is InChI=1S/C36H49FN2O2/c1-4-7-10-11-30-12-18-33(19-13-30)36(40)39(27-26-38(24-8-5-2)25-9-6-3)28-31-16-22-35(23-17-31)41-29-32-14-20-34(37)21-15-32/h12-23H,4-11,24-29H2,1-3H3. The Morgan fingerprint density at radius 1 is 0.659 bits per heavy atom. The summed E-state index contributed by atoms with van der Waals surface area (Å²) in [6.07, 6.45) is 9.39. The lowest BCUT2D eigenvalue weighted by Gasteiger charge is -2.28. The number of nitrogens with zero attached hydrogens (tertiary/aromatic N) is 2. The second kappa shape index (κ2) is 18.3. The van der Waals surface area contributed by atoms with E-state index in [1.54, 1.807) is 12.1 Å². The highest BCUT2D eigenvalue weighted by Gasteiger charge is 2.18. The van der Waals surface area contributed by atoms with Gasteiger partial charge in [-0.1, -0.05) is 82.9 Å². The van der Waals surface area contributed by atoms with Crippen LogP contribution >= 0.6 is 0 Å². The number of amides is 1. The highest BCUT2D eigenvalue weighted by atomic mass is 19.1. The van der Waals surface area contributed by atoms with Crippen molar-refractivity contribution in [1.82, 2.24) is 9.80 Å². The summed E-state index contributed by atoms with van der Waals surface area (Å²) >= 11 is 0. The summed E-state index contributed by atoms with van der Waals surface area (Å²) in [5.41, 5.74) is 4.02. The minimum absolute atomic E-state index is 0.0766. The van der Waals surface area contributed by atoms with E-state index >= 15 is 0 Å². The van der Waals surface area contributed by atoms with Gasteiger partial charge in [-0.05, 0) is 91.9 Å². The minimum Gasteiger partial charge on any atom is -0.489 e. The molecule has 0 aliphatic heterocycles. The van der Waals surface area contributed by atoms with Crippen molar-refractivity contribution in [3.8, 4) is 5.75 Å². The molecule has 0 unspecified atom stereocenters. The van der Waals surface area contributed by atoms with E-state index < -0.39 is 0 Å². The topological polar surface area (TPSA) is 32.8 Å². The van der Waals surface area contributed by atoms with Crippen LogP contribution in [0.5, 0.6) is 5.75 Å². The van der Waals surface area contributed by atoms with Crippen molar-refractivity contribution in [3.05, 3.63) is 101 Å². The molecule has 0 atom stereocenters. The Kier molecular flexibility index (Phi) is 14.4. The first-order valence-electron chi connectivity index (χ1n) is 15.6. The van der Waals surface area contributed by atoms with Crippen molar-refractivity contribution in [1.29, 1.82) is 0 Å². The Bertz CT molecular complexity index is 1120. The number of ether oxygens (including phenoxy) is 1. The van der Waals surface area contributed by atoms with Gasteiger partial charge in [-0.15, -0.1) is 0 Å². The van der Waals surface area contributed by atoms with E-state index in [0.29, 0.717) is 19.7 Å². The lowest BCUT2D eigenvalue weighted by Crippen LogP contribution is -2.39. The molecule has 0 aliphatic rings. The van der Waals surface area contributed by atoms with E-state index in [-0.39, 0.29) is 11.7 Å². The molecule has 0 heterocycles. The second-order valence-corrected chi connectivity index (χ2v) is 11.0. The molecule has 1 amide bonds. The lowest BCUT2D eigenvalue weighted by atomic mass is 10.0. The fourth-order valence-electron chi connectivity index (χ4n) is 4.85. The summed E-state index contributed by atoms with van der Waals surface area (Å²) < 4.78 is 19.1. The number of rotatable bonds is 19. The summed E-state index contributed by atoms with van der Waals surface area (Å²) in [7, 11) is 0. The van der Waals surface area contributed by atoms with Crippen LogP contribution in [-0.2, 0) is 19.6 Å². The van der Waals surface area contributed by atoms with Crippen molar-refractivity contribution < 1.29 is 13.9 Å². The van der Waals surface area contributed by atoms with Crippen LogP contribution in [0.25, 0.3) is 0 Å². The Labute approximate surface area is 247 Å². The normalized spacial score (nSPS) is 11.1. The number of carbonyl (C=O) groups excluding carboxylic acids is 1. The van der Waals surface area contributed by atoms with Gasteiger partial charge in [-0.2, -0.15) is 0 Å². The second-order valence-electron chi connectivity index (χ2n) is 11.0. The monoisotopic (exact) mass is 560 g/mol. The van der Waals surface area contributed by atoms with Crippen LogP contribution in [0.4, 0.5) is 4.39 Å². The number of hydrogen-bond donors (Lipinski definition) is 0. The molecule has 0 spiro atoms. The first-order chi connectivity index (χ1) is 20.0. The highest BCUT2D eigenvalue weighted by Crippen LogP contribution is 2.18. The van der Waals surface area contributed by atoms with Gasteiger partial charge in [0.05, 0.1) is 0 Å². The third kappa shape index (κ3) is 11.7. The number of aryl methyl sites for hydroxylation is 1. The summed E-state index contributed by atoms with van der Waals surface area (Å²) in [5, 5.41) is 0. The molecule has 5 heteroatoms. The largest absolute Gasteiger partial charge is 0.489 e. The van der Waals surface area contributed by atoms with Gasteiger partial charge in [0.1, 0.15) is 18.2 Å². The summed E-state index contributed by atoms with van der Waals surface area (Å²) in [6.45, 7) is 11.3. The predicted molar refractivity (Wildman–Crippen MR) is 168 cm³/mol. The number of halogens is 1. The summed E-state index contributed by atoms with van der Waals surface area (Å²) in [4.78, 5) is 18.3. The Morgan fingerprint density at radius 3 is 1.85 bits per heavy atom. The molecule has 3 aromatic rings. The first kappa shape index (κ1) is 32.3. The minimum atomic E-state index is -0.251. The fourth-order valence-corrected chi connectivity index (χ4v) is 4.85. The van der Waals surface area contributed by atoms with Gasteiger partial charge in [-0.3, -0.25) is 4.79 Å². The van der Waals surface area contributed by atoms with Crippen LogP contribution < -0.4 is 4.74 Å². The molecule has 222 valence electrons. The van der Waals surface area contributed by atoms with Gasteiger partial charge >= 0.3 is 0 Å². The van der Waals surface area contributed by atoms with Gasteiger partial charge in [0.25, 0.3) is 5.91 Å². The van der Waals surface area contributed by atoms with Gasteiger partial charge in [0, 0.05) is 25.2 Å². The average Bonchev–Trinajstić information content (AvgIpc) is 3.00. The molecular weight excluding hydrogens is 511 g/mol. The molecule has 0 aromatic heterocycles. The predicted octanol–water partition coefficient (Wildman–Crippen LogP) is 8.68. The van der Waals surface area contributed by atoms with Gasteiger partial charge in [0.15, 0.2) is 0 Å². The number of unbranched alkanes of at least 4 members (excludes halogenated alkanes) is 4. The van der Waals surface area contributed by atoms with E-state index in [4.69, 9.17) is 4.74 Å². The molecule has 0 N–H and O–H groups in total. The van der Waals surface area contributed by atoms with Crippen molar-refractivity contribution >= 4 is 5.91 Å². The molecular formula is C36H49FN2O2. The van der Waals surface area contributed by atoms with E-state index in [1.165, 1.54) is 62.6 Å². The third-order valence-corrected chi connectivity index (χ3v) is 7.51. The zero-order chi connectivity index (χ0) is 29.3. The highest BCUT2D eigenvalue weighted by molar-refractivity contribution is 5.94. The fraction of sp³-hybridized carbons (Fsp3) is 0.472. The Morgan fingerprint density at radius 2 is 1.24 bits per heavy atom. The number of carbonyl (C=O) groups is 1. The Balaban J connectivity index is 1.68. The summed E-state index contributed by atoms with van der Waals surface area (Å²) in [5.74, 6) is 0.576. The van der Waals surface area contributed by atoms with E-state index in [0.717, 1.165) is 48.5 Å². The smallest absolute Gasteiger partial charge is 0.254 e. The zero-order valence-corrected chi connectivity index (χ0v) is 25.4. The van der Waals surface area contributed by atoms with Crippen LogP contribution in [0.3, 0.4) is 0 Å². The maximum absolute atomic E-state index is 13.8. The Hall–Kier alpha value is -3.18. The molecule has 41 heavy (non-hydrogen) atoms. The summed E-state index contributed by atoms with van der Waals surface area (Å²) in [6, 6.07) is 22.5. The van der Waals surface area contributed by atoms with Gasteiger partial charge < -0.3 is 14.5 Å². The van der Waals surface area contributed by atoms with Crippen molar-refractivity contribution in [2.45, 2.75) is 85.3 Å². The van der Waals surface area contributed by atoms with Crippen molar-refractivity contribution in [3.63, 3.8) is 0 Å². The van der Waals surface area contributed by atoms with Gasteiger partial charge in [0.2, 0.25) is 0 Å². The van der Waals surface area contributed by atoms with Crippen LogP contribution in [0.2, 0.25) is 0 Å². The van der Waals surface area contributed by atoms with Crippen molar-refractivity contribution in [2.24, 2.45) is 0 Å². The average molecular weight is 561 g/mol. The number of hydrogen-bond acceptors (Lipinski definition) is 3. The molecule has 4 nitrogen and oxygen atoms in total. The molecule has 0 saturated carbocycles. The maximum Gasteiger partial charge on any atom is 0.254 e. The maximum atomic E-state index is 13.8. The quantitative estimate of drug-likeness (QED) is 0.138. The van der Waals surface area contributed by atoms with Crippen LogP contribution in [-0.4, -0.2) is 41.9 Å².